The Kier molecular flexibility index (Phi) is 5.55. The van der Waals surface area contributed by atoms with E-state index in [0.717, 1.165) is 38.3 Å². The van der Waals surface area contributed by atoms with Crippen molar-refractivity contribution < 1.29 is 8.42 Å². The molecule has 3 rings (SSSR count). The van der Waals surface area contributed by atoms with Gasteiger partial charge in [-0.3, -0.25) is 0 Å². The van der Waals surface area contributed by atoms with Crippen LogP contribution < -0.4 is 0 Å². The van der Waals surface area contributed by atoms with Gasteiger partial charge in [0.05, 0.1) is 4.90 Å². The first-order chi connectivity index (χ1) is 11.4. The van der Waals surface area contributed by atoms with Crippen LogP contribution in [0.5, 0.6) is 0 Å². The standard InChI is InChI=1S/C18H27ClN2O2S/c1-14-8-10-21(11-9-14)17-7-6-16(13-17)20(2)24(22,23)18-5-3-4-15(19)12-18/h3-5,12,14,16-17H,6-11,13H2,1-2H3. The zero-order valence-corrected chi connectivity index (χ0v) is 16.1. The lowest BCUT2D eigenvalue weighted by Crippen LogP contribution is -2.41. The van der Waals surface area contributed by atoms with Crippen molar-refractivity contribution >= 4 is 21.6 Å². The van der Waals surface area contributed by atoms with Gasteiger partial charge in [0.25, 0.3) is 0 Å². The Morgan fingerprint density at radius 2 is 1.88 bits per heavy atom. The van der Waals surface area contributed by atoms with Crippen molar-refractivity contribution in [3.05, 3.63) is 29.3 Å². The molecule has 0 bridgehead atoms. The summed E-state index contributed by atoms with van der Waals surface area (Å²) in [7, 11) is -1.77. The Morgan fingerprint density at radius 3 is 2.54 bits per heavy atom. The maximum Gasteiger partial charge on any atom is 0.243 e. The van der Waals surface area contributed by atoms with Crippen LogP contribution in [-0.2, 0) is 10.0 Å². The fourth-order valence-electron chi connectivity index (χ4n) is 3.98. The second-order valence-electron chi connectivity index (χ2n) is 7.32. The second kappa shape index (κ2) is 7.32. The summed E-state index contributed by atoms with van der Waals surface area (Å²) in [6.07, 6.45) is 5.49. The van der Waals surface area contributed by atoms with Gasteiger partial charge in [0.1, 0.15) is 0 Å². The van der Waals surface area contributed by atoms with Gasteiger partial charge < -0.3 is 4.90 Å². The summed E-state index contributed by atoms with van der Waals surface area (Å²) in [6, 6.07) is 7.15. The summed E-state index contributed by atoms with van der Waals surface area (Å²) in [5.74, 6) is 0.823. The van der Waals surface area contributed by atoms with Crippen molar-refractivity contribution in [3.63, 3.8) is 0 Å². The number of halogens is 1. The lowest BCUT2D eigenvalue weighted by atomic mass is 9.97. The van der Waals surface area contributed by atoms with Gasteiger partial charge in [0.2, 0.25) is 10.0 Å². The molecule has 0 N–H and O–H groups in total. The molecule has 1 saturated carbocycles. The van der Waals surface area contributed by atoms with Gasteiger partial charge >= 0.3 is 0 Å². The van der Waals surface area contributed by atoms with E-state index in [4.69, 9.17) is 11.6 Å². The summed E-state index contributed by atoms with van der Waals surface area (Å²) in [6.45, 7) is 4.63. The molecule has 1 saturated heterocycles. The Morgan fingerprint density at radius 1 is 1.17 bits per heavy atom. The molecule has 2 fully saturated rings. The van der Waals surface area contributed by atoms with E-state index in [1.165, 1.54) is 18.9 Å². The second-order valence-corrected chi connectivity index (χ2v) is 9.75. The third-order valence-corrected chi connectivity index (χ3v) is 7.84. The summed E-state index contributed by atoms with van der Waals surface area (Å²) >= 11 is 5.96. The van der Waals surface area contributed by atoms with Crippen molar-refractivity contribution in [2.45, 2.75) is 56.0 Å². The molecule has 0 aromatic heterocycles. The van der Waals surface area contributed by atoms with Crippen LogP contribution in [0.15, 0.2) is 29.2 Å². The molecule has 2 aliphatic rings. The minimum atomic E-state index is -3.48. The van der Waals surface area contributed by atoms with E-state index in [0.29, 0.717) is 11.1 Å². The predicted molar refractivity (Wildman–Crippen MR) is 97.8 cm³/mol. The maximum absolute atomic E-state index is 12.9. The van der Waals surface area contributed by atoms with Crippen LogP contribution in [0.25, 0.3) is 0 Å². The predicted octanol–water partition coefficient (Wildman–Crippen LogP) is 3.61. The van der Waals surface area contributed by atoms with Gasteiger partial charge in [-0.1, -0.05) is 24.6 Å². The number of benzene rings is 1. The summed E-state index contributed by atoms with van der Waals surface area (Å²) in [4.78, 5) is 2.85. The fraction of sp³-hybridized carbons (Fsp3) is 0.667. The van der Waals surface area contributed by atoms with Crippen LogP contribution in [0.3, 0.4) is 0 Å². The molecule has 24 heavy (non-hydrogen) atoms. The number of rotatable bonds is 4. The van der Waals surface area contributed by atoms with Gasteiger partial charge in [0, 0.05) is 24.2 Å². The van der Waals surface area contributed by atoms with Crippen molar-refractivity contribution in [2.24, 2.45) is 5.92 Å². The topological polar surface area (TPSA) is 40.6 Å². The molecule has 134 valence electrons. The van der Waals surface area contributed by atoms with E-state index in [-0.39, 0.29) is 10.9 Å². The number of likely N-dealkylation sites (tertiary alicyclic amines) is 1. The third-order valence-electron chi connectivity index (χ3n) is 5.70. The normalized spacial score (nSPS) is 27.0. The highest BCUT2D eigenvalue weighted by Crippen LogP contribution is 2.32. The van der Waals surface area contributed by atoms with E-state index in [1.54, 1.807) is 29.6 Å². The van der Waals surface area contributed by atoms with Crippen molar-refractivity contribution in [3.8, 4) is 0 Å². The van der Waals surface area contributed by atoms with Gasteiger partial charge in [-0.25, -0.2) is 8.42 Å². The van der Waals surface area contributed by atoms with Crippen LogP contribution >= 0.6 is 11.6 Å². The minimum absolute atomic E-state index is 0.0818. The van der Waals surface area contributed by atoms with Crippen molar-refractivity contribution in [2.75, 3.05) is 20.1 Å². The number of sulfonamides is 1. The number of hydrogen-bond donors (Lipinski definition) is 0. The molecule has 1 aliphatic carbocycles. The number of nitrogens with zero attached hydrogens (tertiary/aromatic N) is 2. The van der Waals surface area contributed by atoms with Crippen LogP contribution in [0.4, 0.5) is 0 Å². The van der Waals surface area contributed by atoms with Gasteiger partial charge in [-0.15, -0.1) is 0 Å². The molecular formula is C18H27ClN2O2S. The van der Waals surface area contributed by atoms with E-state index in [2.05, 4.69) is 11.8 Å². The average molecular weight is 371 g/mol. The van der Waals surface area contributed by atoms with E-state index in [9.17, 15) is 8.42 Å². The lowest BCUT2D eigenvalue weighted by molar-refractivity contribution is 0.136. The molecular weight excluding hydrogens is 344 g/mol. The number of hydrogen-bond acceptors (Lipinski definition) is 3. The molecule has 0 spiro atoms. The monoisotopic (exact) mass is 370 g/mol. The highest BCUT2D eigenvalue weighted by molar-refractivity contribution is 7.89. The lowest BCUT2D eigenvalue weighted by Gasteiger charge is -2.35. The Hall–Kier alpha value is -0.620. The van der Waals surface area contributed by atoms with Crippen LogP contribution in [0, 0.1) is 5.92 Å². The Labute approximate surface area is 150 Å². The molecule has 1 heterocycles. The maximum atomic E-state index is 12.9. The first kappa shape index (κ1) is 18.2. The summed E-state index contributed by atoms with van der Waals surface area (Å²) in [5.41, 5.74) is 0. The zero-order valence-electron chi connectivity index (χ0n) is 14.5. The quantitative estimate of drug-likeness (QED) is 0.812. The van der Waals surface area contributed by atoms with Crippen LogP contribution in [-0.4, -0.2) is 49.8 Å². The molecule has 0 radical (unpaired) electrons. The molecule has 2 atom stereocenters. The molecule has 1 aliphatic heterocycles. The Bertz CT molecular complexity index is 671. The largest absolute Gasteiger partial charge is 0.300 e. The first-order valence-electron chi connectivity index (χ1n) is 8.85. The molecule has 1 aromatic carbocycles. The molecule has 0 amide bonds. The summed E-state index contributed by atoms with van der Waals surface area (Å²) in [5, 5.41) is 0.455. The zero-order chi connectivity index (χ0) is 17.3. The first-order valence-corrected chi connectivity index (χ1v) is 10.7. The minimum Gasteiger partial charge on any atom is -0.300 e. The number of piperidine rings is 1. The van der Waals surface area contributed by atoms with Crippen LogP contribution in [0.1, 0.15) is 39.0 Å². The van der Waals surface area contributed by atoms with Gasteiger partial charge in [0.15, 0.2) is 0 Å². The Balaban J connectivity index is 1.66. The van der Waals surface area contributed by atoms with E-state index >= 15 is 0 Å². The van der Waals surface area contributed by atoms with Crippen molar-refractivity contribution in [1.29, 1.82) is 0 Å². The van der Waals surface area contributed by atoms with Crippen molar-refractivity contribution in [1.82, 2.24) is 9.21 Å². The molecule has 1 aromatic rings. The van der Waals surface area contributed by atoms with E-state index in [1.807, 2.05) is 0 Å². The van der Waals surface area contributed by atoms with Crippen LogP contribution in [0.2, 0.25) is 5.02 Å². The molecule has 4 nitrogen and oxygen atoms in total. The third kappa shape index (κ3) is 3.79. The SMILES string of the molecule is CC1CCN(C2CCC(N(C)S(=O)(=O)c3cccc(Cl)c3)C2)CC1. The molecule has 2 unspecified atom stereocenters. The van der Waals surface area contributed by atoms with E-state index < -0.39 is 10.0 Å². The smallest absolute Gasteiger partial charge is 0.243 e. The van der Waals surface area contributed by atoms with Gasteiger partial charge in [-0.05, 0) is 69.3 Å². The van der Waals surface area contributed by atoms with Gasteiger partial charge in [-0.2, -0.15) is 4.31 Å². The average Bonchev–Trinajstić information content (AvgIpc) is 3.04. The highest BCUT2D eigenvalue weighted by Gasteiger charge is 2.37. The summed E-state index contributed by atoms with van der Waals surface area (Å²) < 4.78 is 27.3. The highest BCUT2D eigenvalue weighted by atomic mass is 35.5. The molecule has 6 heteroatoms. The fourth-order valence-corrected chi connectivity index (χ4v) is 5.68.